The summed E-state index contributed by atoms with van der Waals surface area (Å²) in [4.78, 5) is 20.6. The molecule has 2 aromatic heterocycles. The summed E-state index contributed by atoms with van der Waals surface area (Å²) in [6.07, 6.45) is 1.96. The molecule has 0 amide bonds. The van der Waals surface area contributed by atoms with Crippen LogP contribution in [0.4, 0.5) is 15.9 Å². The average molecular weight is 405 g/mol. The standard InChI is InChI=1S/C18H16FN3O4S.CH4/c1-9-14-16(20-8-21-17(14)27-15(9)18(23)24)22-12-3-2-10(19)6-13(12)26-11-4-5-25-7-11;/h2-3,6,8,11H,4-5,7H2,1H3,(H,23,24)(H,20,21,22);1H4/t11-;/m1./s1. The van der Waals surface area contributed by atoms with Gasteiger partial charge < -0.3 is 19.9 Å². The van der Waals surface area contributed by atoms with E-state index >= 15 is 0 Å². The SMILES string of the molecule is C.Cc1c(C(=O)O)sc2ncnc(Nc3ccc(F)cc3O[C@@H]3CCOC3)c12. The number of nitrogens with zero attached hydrogens (tertiary/aromatic N) is 2. The lowest BCUT2D eigenvalue weighted by atomic mass is 10.2. The fraction of sp³-hybridized carbons (Fsp3) is 0.316. The smallest absolute Gasteiger partial charge is 0.346 e. The molecule has 1 atom stereocenters. The van der Waals surface area contributed by atoms with Gasteiger partial charge in [0.05, 0.1) is 24.3 Å². The van der Waals surface area contributed by atoms with Crippen molar-refractivity contribution < 1.29 is 23.8 Å². The first-order chi connectivity index (χ1) is 13.0. The summed E-state index contributed by atoms with van der Waals surface area (Å²) in [6.45, 7) is 2.79. The largest absolute Gasteiger partial charge is 0.486 e. The summed E-state index contributed by atoms with van der Waals surface area (Å²) in [6, 6.07) is 4.19. The van der Waals surface area contributed by atoms with E-state index in [0.717, 1.165) is 17.8 Å². The highest BCUT2D eigenvalue weighted by Gasteiger charge is 2.21. The molecule has 9 heteroatoms. The zero-order chi connectivity index (χ0) is 19.0. The molecule has 148 valence electrons. The first kappa shape index (κ1) is 20.0. The molecule has 1 aliphatic rings. The van der Waals surface area contributed by atoms with Crippen LogP contribution in [0.15, 0.2) is 24.5 Å². The minimum Gasteiger partial charge on any atom is -0.486 e. The van der Waals surface area contributed by atoms with Gasteiger partial charge in [-0.2, -0.15) is 0 Å². The summed E-state index contributed by atoms with van der Waals surface area (Å²) < 4.78 is 24.9. The molecule has 1 aromatic carbocycles. The van der Waals surface area contributed by atoms with E-state index in [-0.39, 0.29) is 18.4 Å². The number of carboxylic acid groups (broad SMARTS) is 1. The second-order valence-corrected chi connectivity index (χ2v) is 7.13. The zero-order valence-corrected chi connectivity index (χ0v) is 15.2. The summed E-state index contributed by atoms with van der Waals surface area (Å²) in [5.41, 5.74) is 1.12. The van der Waals surface area contributed by atoms with Gasteiger partial charge in [-0.1, -0.05) is 7.43 Å². The molecule has 1 aliphatic heterocycles. The number of anilines is 2. The summed E-state index contributed by atoms with van der Waals surface area (Å²) in [7, 11) is 0. The lowest BCUT2D eigenvalue weighted by Crippen LogP contribution is -2.16. The number of thiophene rings is 1. The Kier molecular flexibility index (Phi) is 5.76. The van der Waals surface area contributed by atoms with Crippen molar-refractivity contribution in [3.8, 4) is 5.75 Å². The second kappa shape index (κ2) is 8.07. The Morgan fingerprint density at radius 1 is 1.43 bits per heavy atom. The van der Waals surface area contributed by atoms with Gasteiger partial charge in [-0.05, 0) is 24.6 Å². The first-order valence-electron chi connectivity index (χ1n) is 8.31. The third-order valence-corrected chi connectivity index (χ3v) is 5.49. The Morgan fingerprint density at radius 2 is 2.25 bits per heavy atom. The summed E-state index contributed by atoms with van der Waals surface area (Å²) in [5, 5.41) is 13.1. The lowest BCUT2D eigenvalue weighted by molar-refractivity contribution is 0.0701. The van der Waals surface area contributed by atoms with Crippen LogP contribution in [0.5, 0.6) is 5.75 Å². The van der Waals surface area contributed by atoms with Crippen molar-refractivity contribution in [3.05, 3.63) is 40.8 Å². The van der Waals surface area contributed by atoms with Crippen LogP contribution in [0.25, 0.3) is 10.2 Å². The van der Waals surface area contributed by atoms with E-state index in [9.17, 15) is 14.3 Å². The number of halogens is 1. The van der Waals surface area contributed by atoms with E-state index in [1.54, 1.807) is 13.0 Å². The Hall–Kier alpha value is -2.78. The van der Waals surface area contributed by atoms with Gasteiger partial charge in [0.15, 0.2) is 0 Å². The monoisotopic (exact) mass is 405 g/mol. The van der Waals surface area contributed by atoms with Crippen LogP contribution in [-0.4, -0.2) is 40.4 Å². The number of hydrogen-bond donors (Lipinski definition) is 2. The molecular weight excluding hydrogens is 385 g/mol. The maximum absolute atomic E-state index is 13.7. The molecule has 1 fully saturated rings. The Morgan fingerprint density at radius 3 is 2.96 bits per heavy atom. The quantitative estimate of drug-likeness (QED) is 0.650. The molecule has 0 saturated carbocycles. The van der Waals surface area contributed by atoms with Crippen LogP contribution in [0.3, 0.4) is 0 Å². The molecule has 4 rings (SSSR count). The highest BCUT2D eigenvalue weighted by molar-refractivity contribution is 7.20. The molecule has 3 aromatic rings. The third-order valence-electron chi connectivity index (χ3n) is 4.30. The van der Waals surface area contributed by atoms with Crippen LogP contribution in [0.1, 0.15) is 29.1 Å². The third kappa shape index (κ3) is 3.76. The molecule has 0 radical (unpaired) electrons. The first-order valence-corrected chi connectivity index (χ1v) is 9.13. The highest BCUT2D eigenvalue weighted by atomic mass is 32.1. The fourth-order valence-corrected chi connectivity index (χ4v) is 3.97. The van der Waals surface area contributed by atoms with Gasteiger partial charge in [-0.25, -0.2) is 19.2 Å². The van der Waals surface area contributed by atoms with Crippen molar-refractivity contribution in [2.45, 2.75) is 26.9 Å². The second-order valence-electron chi connectivity index (χ2n) is 6.13. The molecular formula is C19H20FN3O4S. The minimum absolute atomic E-state index is 0. The number of fused-ring (bicyclic) bond motifs is 1. The Labute approximate surface area is 165 Å². The van der Waals surface area contributed by atoms with E-state index < -0.39 is 11.8 Å². The molecule has 0 unspecified atom stereocenters. The van der Waals surface area contributed by atoms with E-state index in [1.165, 1.54) is 18.5 Å². The number of carboxylic acids is 1. The Bertz CT molecular complexity index is 1020. The molecule has 3 heterocycles. The molecule has 28 heavy (non-hydrogen) atoms. The van der Waals surface area contributed by atoms with Crippen molar-refractivity contribution in [3.63, 3.8) is 0 Å². The van der Waals surface area contributed by atoms with Crippen LogP contribution >= 0.6 is 11.3 Å². The molecule has 7 nitrogen and oxygen atoms in total. The maximum atomic E-state index is 13.7. The zero-order valence-electron chi connectivity index (χ0n) is 14.4. The van der Waals surface area contributed by atoms with E-state index in [4.69, 9.17) is 9.47 Å². The van der Waals surface area contributed by atoms with Crippen LogP contribution in [-0.2, 0) is 4.74 Å². The van der Waals surface area contributed by atoms with Gasteiger partial charge in [0.1, 0.15) is 39.5 Å². The number of aryl methyl sites for hydroxylation is 1. The normalized spacial score (nSPS) is 16.0. The number of rotatable bonds is 5. The maximum Gasteiger partial charge on any atom is 0.346 e. The number of nitrogens with one attached hydrogen (secondary N) is 1. The molecule has 1 saturated heterocycles. The van der Waals surface area contributed by atoms with Gasteiger partial charge >= 0.3 is 5.97 Å². The molecule has 0 aliphatic carbocycles. The molecule has 0 bridgehead atoms. The molecule has 0 spiro atoms. The average Bonchev–Trinajstić information content (AvgIpc) is 3.26. The van der Waals surface area contributed by atoms with Gasteiger partial charge in [-0.3, -0.25) is 0 Å². The van der Waals surface area contributed by atoms with Crippen molar-refractivity contribution >= 4 is 39.0 Å². The number of aromatic nitrogens is 2. The topological polar surface area (TPSA) is 93.6 Å². The number of ether oxygens (including phenoxy) is 2. The number of carbonyl (C=O) groups is 1. The highest BCUT2D eigenvalue weighted by Crippen LogP contribution is 2.36. The van der Waals surface area contributed by atoms with Crippen LogP contribution in [0, 0.1) is 12.7 Å². The number of benzene rings is 1. The van der Waals surface area contributed by atoms with Gasteiger partial charge in [0.25, 0.3) is 0 Å². The van der Waals surface area contributed by atoms with E-state index in [1.807, 2.05) is 0 Å². The van der Waals surface area contributed by atoms with Crippen molar-refractivity contribution in [2.24, 2.45) is 0 Å². The van der Waals surface area contributed by atoms with Crippen LogP contribution < -0.4 is 10.1 Å². The predicted octanol–water partition coefficient (Wildman–Crippen LogP) is 4.38. The minimum atomic E-state index is -1.01. The van der Waals surface area contributed by atoms with Gasteiger partial charge in [0, 0.05) is 12.5 Å². The summed E-state index contributed by atoms with van der Waals surface area (Å²) in [5.74, 6) is -0.625. The molecule has 2 N–H and O–H groups in total. The fourth-order valence-electron chi connectivity index (χ4n) is 2.98. The Balaban J connectivity index is 0.00000225. The van der Waals surface area contributed by atoms with E-state index in [2.05, 4.69) is 15.3 Å². The predicted molar refractivity (Wildman–Crippen MR) is 105 cm³/mol. The lowest BCUT2D eigenvalue weighted by Gasteiger charge is -2.17. The summed E-state index contributed by atoms with van der Waals surface area (Å²) >= 11 is 1.09. The van der Waals surface area contributed by atoms with Crippen LogP contribution in [0.2, 0.25) is 0 Å². The number of hydrogen-bond acceptors (Lipinski definition) is 7. The van der Waals surface area contributed by atoms with E-state index in [0.29, 0.717) is 46.2 Å². The van der Waals surface area contributed by atoms with Gasteiger partial charge in [0.2, 0.25) is 0 Å². The van der Waals surface area contributed by atoms with Gasteiger partial charge in [-0.15, -0.1) is 11.3 Å². The number of aromatic carboxylic acids is 1. The van der Waals surface area contributed by atoms with Crippen molar-refractivity contribution in [1.29, 1.82) is 0 Å². The van der Waals surface area contributed by atoms with Crippen molar-refractivity contribution in [2.75, 3.05) is 18.5 Å². The van der Waals surface area contributed by atoms with Crippen molar-refractivity contribution in [1.82, 2.24) is 9.97 Å².